The van der Waals surface area contributed by atoms with Crippen molar-refractivity contribution in [2.24, 2.45) is 0 Å². The summed E-state index contributed by atoms with van der Waals surface area (Å²) in [5, 5.41) is 11.1. The maximum Gasteiger partial charge on any atom is 0.584 e. The minimum atomic E-state index is -4.66. The number of nitrogens with zero attached hydrogens (tertiary/aromatic N) is 1. The number of nitro groups is 1. The Balaban J connectivity index is 1.97. The van der Waals surface area contributed by atoms with Crippen molar-refractivity contribution in [3.63, 3.8) is 0 Å². The van der Waals surface area contributed by atoms with Gasteiger partial charge in [0.25, 0.3) is 5.69 Å². The maximum absolute atomic E-state index is 12.8. The van der Waals surface area contributed by atoms with Gasteiger partial charge >= 0.3 is 7.82 Å². The molecule has 28 heavy (non-hydrogen) atoms. The van der Waals surface area contributed by atoms with Gasteiger partial charge in [0, 0.05) is 17.7 Å². The third-order valence-electron chi connectivity index (χ3n) is 3.63. The summed E-state index contributed by atoms with van der Waals surface area (Å²) in [5.74, 6) is -0.814. The zero-order valence-corrected chi connectivity index (χ0v) is 15.2. The summed E-state index contributed by atoms with van der Waals surface area (Å²) in [7, 11) is -4.66. The highest BCUT2D eigenvalue weighted by atomic mass is 31.2. The third-order valence-corrected chi connectivity index (χ3v) is 4.50. The highest BCUT2D eigenvalue weighted by molar-refractivity contribution is 7.48. The Hall–Kier alpha value is -3.48. The van der Waals surface area contributed by atoms with E-state index in [2.05, 4.69) is 0 Å². The zero-order chi connectivity index (χ0) is 20.1. The van der Waals surface area contributed by atoms with Crippen molar-refractivity contribution in [2.75, 3.05) is 0 Å². The number of rotatable bonds is 7. The van der Waals surface area contributed by atoms with Gasteiger partial charge in [-0.1, -0.05) is 48.5 Å². The van der Waals surface area contributed by atoms with E-state index in [9.17, 15) is 24.4 Å². The van der Waals surface area contributed by atoms with Crippen LogP contribution in [0.4, 0.5) is 5.69 Å². The molecule has 0 amide bonds. The highest BCUT2D eigenvalue weighted by Crippen LogP contribution is 2.46. The fourth-order valence-corrected chi connectivity index (χ4v) is 3.22. The summed E-state index contributed by atoms with van der Waals surface area (Å²) in [6.45, 7) is 0. The molecule has 0 spiro atoms. The SMILES string of the molecule is O=C(c1ccccc1)c1cc([N+](=O)[O-])ccc1OP(=O)(O)Oc1ccccc1. The van der Waals surface area contributed by atoms with E-state index in [0.29, 0.717) is 0 Å². The molecule has 1 unspecified atom stereocenters. The number of benzene rings is 3. The molecule has 0 saturated carbocycles. The number of ketones is 1. The lowest BCUT2D eigenvalue weighted by Crippen LogP contribution is -2.07. The number of para-hydroxylation sites is 1. The van der Waals surface area contributed by atoms with Gasteiger partial charge < -0.3 is 9.05 Å². The molecule has 0 aromatic heterocycles. The van der Waals surface area contributed by atoms with Gasteiger partial charge in [0.1, 0.15) is 11.5 Å². The van der Waals surface area contributed by atoms with Crippen molar-refractivity contribution < 1.29 is 28.2 Å². The zero-order valence-electron chi connectivity index (χ0n) is 14.3. The number of nitro benzene ring substituents is 1. The summed E-state index contributed by atoms with van der Waals surface area (Å²) in [4.78, 5) is 33.2. The van der Waals surface area contributed by atoms with Crippen LogP contribution in [0.1, 0.15) is 15.9 Å². The first-order valence-corrected chi connectivity index (χ1v) is 9.50. The number of phosphoric ester groups is 1. The predicted octanol–water partition coefficient (Wildman–Crippen LogP) is 4.38. The fraction of sp³-hybridized carbons (Fsp3) is 0. The van der Waals surface area contributed by atoms with Gasteiger partial charge in [-0.15, -0.1) is 0 Å². The second-order valence-electron chi connectivity index (χ2n) is 5.60. The summed E-state index contributed by atoms with van der Waals surface area (Å²) < 4.78 is 22.4. The van der Waals surface area contributed by atoms with Crippen molar-refractivity contribution in [3.8, 4) is 11.5 Å². The molecule has 0 aliphatic rings. The molecule has 0 aliphatic heterocycles. The van der Waals surface area contributed by atoms with Gasteiger partial charge in [0.2, 0.25) is 0 Å². The van der Waals surface area contributed by atoms with E-state index >= 15 is 0 Å². The molecule has 0 saturated heterocycles. The molecule has 3 aromatic rings. The first kappa shape index (κ1) is 19.3. The molecule has 0 heterocycles. The average molecular weight is 399 g/mol. The Morgan fingerprint density at radius 1 is 0.929 bits per heavy atom. The van der Waals surface area contributed by atoms with Gasteiger partial charge in [-0.05, 0) is 18.2 Å². The van der Waals surface area contributed by atoms with Crippen LogP contribution in [-0.2, 0) is 4.57 Å². The minimum absolute atomic E-state index is 0.0891. The van der Waals surface area contributed by atoms with Gasteiger partial charge in [0.15, 0.2) is 5.78 Å². The fourth-order valence-electron chi connectivity index (χ4n) is 2.39. The Labute approximate surface area is 159 Å². The standard InChI is InChI=1S/C19H14NO7P/c21-19(14-7-3-1-4-8-14)17-13-15(20(22)23)11-12-18(17)27-28(24,25)26-16-9-5-2-6-10-16/h1-13H,(H,24,25). The molecular weight excluding hydrogens is 385 g/mol. The normalized spacial score (nSPS) is 12.6. The highest BCUT2D eigenvalue weighted by Gasteiger charge is 2.29. The lowest BCUT2D eigenvalue weighted by molar-refractivity contribution is -0.384. The van der Waals surface area contributed by atoms with Gasteiger partial charge in [-0.3, -0.25) is 19.8 Å². The smallest absolute Gasteiger partial charge is 0.395 e. The summed E-state index contributed by atoms with van der Waals surface area (Å²) in [5.41, 5.74) is -0.348. The molecule has 0 bridgehead atoms. The second-order valence-corrected chi connectivity index (χ2v) is 6.90. The summed E-state index contributed by atoms with van der Waals surface area (Å²) in [6.07, 6.45) is 0. The van der Waals surface area contributed by atoms with Crippen LogP contribution in [0, 0.1) is 10.1 Å². The van der Waals surface area contributed by atoms with Crippen LogP contribution < -0.4 is 9.05 Å². The van der Waals surface area contributed by atoms with Crippen molar-refractivity contribution >= 4 is 19.3 Å². The van der Waals surface area contributed by atoms with Crippen LogP contribution in [0.2, 0.25) is 0 Å². The predicted molar refractivity (Wildman–Crippen MR) is 100 cm³/mol. The molecule has 0 radical (unpaired) electrons. The quantitative estimate of drug-likeness (QED) is 0.271. The van der Waals surface area contributed by atoms with Crippen molar-refractivity contribution in [1.29, 1.82) is 0 Å². The number of carbonyl (C=O) groups excluding carboxylic acids is 1. The van der Waals surface area contributed by atoms with Crippen LogP contribution in [0.3, 0.4) is 0 Å². The molecule has 8 nitrogen and oxygen atoms in total. The first-order valence-electron chi connectivity index (χ1n) is 8.01. The van der Waals surface area contributed by atoms with Crippen LogP contribution in [-0.4, -0.2) is 15.6 Å². The molecule has 0 fully saturated rings. The maximum atomic E-state index is 12.8. The number of carbonyl (C=O) groups is 1. The lowest BCUT2D eigenvalue weighted by Gasteiger charge is -2.15. The summed E-state index contributed by atoms with van der Waals surface area (Å²) in [6, 6.07) is 19.0. The minimum Gasteiger partial charge on any atom is -0.395 e. The molecular formula is C19H14NO7P. The average Bonchev–Trinajstić information content (AvgIpc) is 2.68. The van der Waals surface area contributed by atoms with Gasteiger partial charge in [-0.25, -0.2) is 4.57 Å². The Morgan fingerprint density at radius 3 is 2.14 bits per heavy atom. The molecule has 142 valence electrons. The van der Waals surface area contributed by atoms with Crippen LogP contribution in [0.15, 0.2) is 78.9 Å². The Bertz CT molecular complexity index is 1050. The van der Waals surface area contributed by atoms with Crippen LogP contribution >= 0.6 is 7.82 Å². The third kappa shape index (κ3) is 4.62. The topological polar surface area (TPSA) is 116 Å². The number of hydrogen-bond acceptors (Lipinski definition) is 6. The van der Waals surface area contributed by atoms with Crippen molar-refractivity contribution in [1.82, 2.24) is 0 Å². The first-order chi connectivity index (χ1) is 13.4. The number of phosphoric acid groups is 1. The molecule has 9 heteroatoms. The van der Waals surface area contributed by atoms with Gasteiger partial charge in [0.05, 0.1) is 10.5 Å². The van der Waals surface area contributed by atoms with E-state index in [1.54, 1.807) is 36.4 Å². The number of hydrogen-bond donors (Lipinski definition) is 1. The lowest BCUT2D eigenvalue weighted by atomic mass is 10.0. The second kappa shape index (κ2) is 8.04. The number of non-ortho nitro benzene ring substituents is 1. The molecule has 1 N–H and O–H groups in total. The van der Waals surface area contributed by atoms with Crippen molar-refractivity contribution in [3.05, 3.63) is 100 Å². The summed E-state index contributed by atoms with van der Waals surface area (Å²) >= 11 is 0. The molecule has 3 rings (SSSR count). The van der Waals surface area contributed by atoms with E-state index in [1.807, 2.05) is 0 Å². The van der Waals surface area contributed by atoms with E-state index in [0.717, 1.165) is 18.2 Å². The Morgan fingerprint density at radius 2 is 1.54 bits per heavy atom. The largest absolute Gasteiger partial charge is 0.584 e. The van der Waals surface area contributed by atoms with E-state index in [-0.39, 0.29) is 28.3 Å². The van der Waals surface area contributed by atoms with Gasteiger partial charge in [-0.2, -0.15) is 0 Å². The van der Waals surface area contributed by atoms with Crippen LogP contribution in [0.25, 0.3) is 0 Å². The molecule has 3 aromatic carbocycles. The molecule has 0 aliphatic carbocycles. The van der Waals surface area contributed by atoms with Crippen molar-refractivity contribution in [2.45, 2.75) is 0 Å². The van der Waals surface area contributed by atoms with E-state index in [1.165, 1.54) is 24.3 Å². The van der Waals surface area contributed by atoms with E-state index < -0.39 is 18.5 Å². The molecule has 1 atom stereocenters. The monoisotopic (exact) mass is 399 g/mol. The Kier molecular flexibility index (Phi) is 5.54. The van der Waals surface area contributed by atoms with E-state index in [4.69, 9.17) is 9.05 Å². The van der Waals surface area contributed by atoms with Crippen LogP contribution in [0.5, 0.6) is 11.5 Å².